The lowest BCUT2D eigenvalue weighted by Crippen LogP contribution is -2.29. The van der Waals surface area contributed by atoms with Gasteiger partial charge in [0.1, 0.15) is 11.7 Å². The molecule has 0 saturated carbocycles. The van der Waals surface area contributed by atoms with E-state index in [9.17, 15) is 31.5 Å². The van der Waals surface area contributed by atoms with Crippen molar-refractivity contribution in [2.24, 2.45) is 5.92 Å². The first-order valence-electron chi connectivity index (χ1n) is 8.90. The number of halogens is 5. The van der Waals surface area contributed by atoms with E-state index < -0.39 is 48.0 Å². The Morgan fingerprint density at radius 3 is 2.60 bits per heavy atom. The third kappa shape index (κ3) is 3.69. The van der Waals surface area contributed by atoms with Crippen LogP contribution in [0, 0.1) is 5.92 Å². The number of rotatable bonds is 4. The highest BCUT2D eigenvalue weighted by molar-refractivity contribution is 6.04. The van der Waals surface area contributed by atoms with Crippen molar-refractivity contribution in [2.45, 2.75) is 24.8 Å². The van der Waals surface area contributed by atoms with E-state index in [1.54, 1.807) is 0 Å². The van der Waals surface area contributed by atoms with Crippen LogP contribution < -0.4 is 14.8 Å². The van der Waals surface area contributed by atoms with E-state index >= 15 is 0 Å². The van der Waals surface area contributed by atoms with Gasteiger partial charge in [-0.05, 0) is 17.7 Å². The average Bonchev–Trinajstić information content (AvgIpc) is 3.20. The Kier molecular flexibility index (Phi) is 4.67. The Labute approximate surface area is 166 Å². The highest BCUT2D eigenvalue weighted by Gasteiger charge is 2.46. The predicted octanol–water partition coefficient (Wildman–Crippen LogP) is 3.67. The molecule has 1 fully saturated rings. The summed E-state index contributed by atoms with van der Waals surface area (Å²) in [6.45, 7) is -0.0128. The minimum Gasteiger partial charge on any atom is -0.395 e. The third-order valence-corrected chi connectivity index (χ3v) is 5.04. The van der Waals surface area contributed by atoms with E-state index in [0.717, 1.165) is 12.1 Å². The maximum atomic E-state index is 13.3. The molecule has 158 valence electrons. The normalized spacial score (nSPS) is 22.1. The minimum absolute atomic E-state index is 0.0128. The number of ether oxygens (including phenoxy) is 2. The first-order chi connectivity index (χ1) is 14.0. The van der Waals surface area contributed by atoms with Gasteiger partial charge in [0.25, 0.3) is 0 Å². The lowest BCUT2D eigenvalue weighted by Gasteiger charge is -2.18. The molecule has 2 aromatic carbocycles. The summed E-state index contributed by atoms with van der Waals surface area (Å²) in [5.41, 5.74) is -0.609. The zero-order valence-corrected chi connectivity index (χ0v) is 15.1. The molecule has 2 atom stereocenters. The topological polar surface area (TPSA) is 64.6 Å². The van der Waals surface area contributed by atoms with Gasteiger partial charge in [0.2, 0.25) is 5.91 Å². The molecule has 1 saturated heterocycles. The van der Waals surface area contributed by atoms with Gasteiger partial charge in [-0.1, -0.05) is 30.3 Å². The van der Waals surface area contributed by atoms with Crippen LogP contribution in [0.5, 0.6) is 11.5 Å². The molecule has 0 radical (unpaired) electrons. The molecule has 0 aliphatic carbocycles. The van der Waals surface area contributed by atoms with Crippen LogP contribution in [0.25, 0.3) is 0 Å². The number of amides is 1. The lowest BCUT2D eigenvalue weighted by atomic mass is 9.83. The van der Waals surface area contributed by atoms with Gasteiger partial charge in [-0.2, -0.15) is 13.2 Å². The average molecular weight is 427 g/mol. The molecule has 4 rings (SSSR count). The summed E-state index contributed by atoms with van der Waals surface area (Å²) >= 11 is 0. The monoisotopic (exact) mass is 427 g/mol. The van der Waals surface area contributed by atoms with Gasteiger partial charge in [-0.25, -0.2) is 0 Å². The van der Waals surface area contributed by atoms with Crippen molar-refractivity contribution in [2.75, 3.05) is 6.54 Å². The largest absolute Gasteiger partial charge is 0.586 e. The van der Waals surface area contributed by atoms with E-state index in [1.807, 2.05) is 0 Å². The number of nitrogens with one attached hydrogen (secondary N) is 1. The summed E-state index contributed by atoms with van der Waals surface area (Å²) in [4.78, 5) is 25.2. The number of carbonyl (C=O) groups is 2. The molecule has 2 heterocycles. The van der Waals surface area contributed by atoms with Crippen molar-refractivity contribution in [1.82, 2.24) is 5.32 Å². The van der Waals surface area contributed by atoms with Gasteiger partial charge < -0.3 is 14.8 Å². The molecule has 2 aliphatic heterocycles. The van der Waals surface area contributed by atoms with Crippen molar-refractivity contribution in [3.63, 3.8) is 0 Å². The van der Waals surface area contributed by atoms with Gasteiger partial charge in [0.15, 0.2) is 11.5 Å². The van der Waals surface area contributed by atoms with Crippen molar-refractivity contribution in [3.8, 4) is 11.5 Å². The van der Waals surface area contributed by atoms with Crippen LogP contribution in [-0.4, -0.2) is 24.5 Å². The van der Waals surface area contributed by atoms with Crippen LogP contribution in [0.4, 0.5) is 22.0 Å². The Balaban J connectivity index is 1.60. The number of alkyl halides is 5. The molecular weight excluding hydrogens is 413 g/mol. The standard InChI is InChI=1S/C20H14F5NO4/c21-19(22,23)12-5-1-3-10(7-12)13-9-26-18(28)16(13)14(27)8-11-4-2-6-15-17(11)30-20(24,25)29-15/h1-7,13,16H,8-9H2,(H,26,28)/t13-,16+/m1/s1. The molecule has 2 aliphatic rings. The van der Waals surface area contributed by atoms with E-state index in [-0.39, 0.29) is 29.2 Å². The highest BCUT2D eigenvalue weighted by atomic mass is 19.4. The fraction of sp³-hybridized carbons (Fsp3) is 0.300. The van der Waals surface area contributed by atoms with Crippen molar-refractivity contribution < 1.29 is 41.0 Å². The lowest BCUT2D eigenvalue weighted by molar-refractivity contribution is -0.287. The predicted molar refractivity (Wildman–Crippen MR) is 92.0 cm³/mol. The van der Waals surface area contributed by atoms with Gasteiger partial charge in [-0.3, -0.25) is 9.59 Å². The van der Waals surface area contributed by atoms with Crippen LogP contribution in [-0.2, 0) is 22.2 Å². The fourth-order valence-electron chi connectivity index (χ4n) is 3.71. The Bertz CT molecular complexity index is 1020. The summed E-state index contributed by atoms with van der Waals surface area (Å²) in [6, 6.07) is 8.45. The van der Waals surface area contributed by atoms with Crippen LogP contribution in [0.1, 0.15) is 22.6 Å². The van der Waals surface area contributed by atoms with E-state index in [4.69, 9.17) is 0 Å². The molecule has 0 bridgehead atoms. The van der Waals surface area contributed by atoms with Crippen LogP contribution in [0.15, 0.2) is 42.5 Å². The maximum absolute atomic E-state index is 13.3. The highest BCUT2D eigenvalue weighted by Crippen LogP contribution is 2.44. The zero-order valence-electron chi connectivity index (χ0n) is 15.1. The zero-order chi connectivity index (χ0) is 21.7. The number of hydrogen-bond acceptors (Lipinski definition) is 4. The molecule has 10 heteroatoms. The number of para-hydroxylation sites is 1. The van der Waals surface area contributed by atoms with E-state index in [0.29, 0.717) is 0 Å². The van der Waals surface area contributed by atoms with Crippen molar-refractivity contribution in [3.05, 3.63) is 59.2 Å². The number of fused-ring (bicyclic) bond motifs is 1. The van der Waals surface area contributed by atoms with Crippen LogP contribution >= 0.6 is 0 Å². The minimum atomic E-state index is -4.57. The summed E-state index contributed by atoms with van der Waals surface area (Å²) in [5.74, 6) is -3.87. The quantitative estimate of drug-likeness (QED) is 0.598. The first-order valence-corrected chi connectivity index (χ1v) is 8.90. The smallest absolute Gasteiger partial charge is 0.395 e. The van der Waals surface area contributed by atoms with Gasteiger partial charge >= 0.3 is 12.5 Å². The second-order valence-corrected chi connectivity index (χ2v) is 7.01. The maximum Gasteiger partial charge on any atom is 0.586 e. The Hall–Kier alpha value is -3.17. The number of carbonyl (C=O) groups excluding carboxylic acids is 2. The fourth-order valence-corrected chi connectivity index (χ4v) is 3.71. The second kappa shape index (κ2) is 6.96. The summed E-state index contributed by atoms with van der Waals surface area (Å²) in [5, 5.41) is 2.49. The molecule has 1 amide bonds. The number of Topliss-reactive ketones (excluding diaryl/α,β-unsaturated/α-hetero) is 1. The van der Waals surface area contributed by atoms with Crippen LogP contribution in [0.3, 0.4) is 0 Å². The Morgan fingerprint density at radius 1 is 1.13 bits per heavy atom. The third-order valence-electron chi connectivity index (χ3n) is 5.04. The van der Waals surface area contributed by atoms with Gasteiger partial charge in [0.05, 0.1) is 5.56 Å². The van der Waals surface area contributed by atoms with Crippen LogP contribution in [0.2, 0.25) is 0 Å². The Morgan fingerprint density at radius 2 is 1.87 bits per heavy atom. The first kappa shape index (κ1) is 20.1. The van der Waals surface area contributed by atoms with Crippen molar-refractivity contribution >= 4 is 11.7 Å². The molecule has 0 spiro atoms. The summed E-state index contributed by atoms with van der Waals surface area (Å²) in [7, 11) is 0. The summed E-state index contributed by atoms with van der Waals surface area (Å²) < 4.78 is 74.6. The molecule has 0 unspecified atom stereocenters. The van der Waals surface area contributed by atoms with Crippen molar-refractivity contribution in [1.29, 1.82) is 0 Å². The molecule has 5 nitrogen and oxygen atoms in total. The molecule has 2 aromatic rings. The molecule has 1 N–H and O–H groups in total. The second-order valence-electron chi connectivity index (χ2n) is 7.01. The number of benzene rings is 2. The van der Waals surface area contributed by atoms with Gasteiger partial charge in [0, 0.05) is 24.4 Å². The van der Waals surface area contributed by atoms with E-state index in [1.165, 1.54) is 30.3 Å². The summed E-state index contributed by atoms with van der Waals surface area (Å²) in [6.07, 6.45) is -8.86. The number of ketones is 1. The molecular formula is C20H14F5NO4. The molecule has 30 heavy (non-hydrogen) atoms. The molecule has 0 aromatic heterocycles. The number of hydrogen-bond donors (Lipinski definition) is 1. The van der Waals surface area contributed by atoms with E-state index in [2.05, 4.69) is 14.8 Å². The van der Waals surface area contributed by atoms with Gasteiger partial charge in [-0.15, -0.1) is 8.78 Å². The SMILES string of the molecule is O=C(Cc1cccc2c1OC(F)(F)O2)[C@H]1C(=O)NC[C@@H]1c1cccc(C(F)(F)F)c1.